The number of aliphatic imine (C=N–C) groups is 1. The number of hydrogen-bond acceptors (Lipinski definition) is 8. The van der Waals surface area contributed by atoms with Crippen LogP contribution in [0.2, 0.25) is 5.02 Å². The van der Waals surface area contributed by atoms with Crippen LogP contribution in [0.15, 0.2) is 47.8 Å². The molecular formula is C25H22ClF4N7O3. The van der Waals surface area contributed by atoms with Gasteiger partial charge in [-0.1, -0.05) is 17.7 Å². The Morgan fingerprint density at radius 2 is 1.95 bits per heavy atom. The minimum absolute atomic E-state index is 0.00807. The van der Waals surface area contributed by atoms with Gasteiger partial charge in [-0.25, -0.2) is 19.4 Å². The largest absolute Gasteiger partial charge is 0.418 e. The summed E-state index contributed by atoms with van der Waals surface area (Å²) in [4.78, 5) is 41.5. The molecule has 15 heteroatoms. The predicted molar refractivity (Wildman–Crippen MR) is 138 cm³/mol. The molecule has 3 N–H and O–H groups in total. The topological polar surface area (TPSA) is 130 Å². The SMILES string of the molecule is CNc1ncc(C(=O)N=C[C@@]2(C(=O)NCc3ncc(Nc4c(F)cccc4C(F)(F)F)cc3Cl)CCOC2)cn1. The number of para-hydroxylation sites is 1. The Balaban J connectivity index is 1.44. The molecule has 0 bridgehead atoms. The van der Waals surface area contributed by atoms with Crippen molar-refractivity contribution in [3.8, 4) is 0 Å². The summed E-state index contributed by atoms with van der Waals surface area (Å²) in [5.41, 5.74) is -2.84. The first-order valence-corrected chi connectivity index (χ1v) is 12.1. The summed E-state index contributed by atoms with van der Waals surface area (Å²) in [6, 6.07) is 3.86. The number of ether oxygens (including phenoxy) is 1. The molecule has 1 atom stereocenters. The molecule has 210 valence electrons. The monoisotopic (exact) mass is 579 g/mol. The van der Waals surface area contributed by atoms with Gasteiger partial charge in [0.2, 0.25) is 11.9 Å². The molecule has 0 spiro atoms. The summed E-state index contributed by atoms with van der Waals surface area (Å²) in [7, 11) is 1.63. The lowest BCUT2D eigenvalue weighted by Gasteiger charge is -2.21. The lowest BCUT2D eigenvalue weighted by Crippen LogP contribution is -2.42. The Morgan fingerprint density at radius 3 is 2.58 bits per heavy atom. The van der Waals surface area contributed by atoms with Crippen LogP contribution in [0.5, 0.6) is 0 Å². The number of carbonyl (C=O) groups excluding carboxylic acids is 2. The minimum atomic E-state index is -4.79. The van der Waals surface area contributed by atoms with Crippen molar-refractivity contribution >= 4 is 47.0 Å². The maximum absolute atomic E-state index is 14.2. The van der Waals surface area contributed by atoms with E-state index in [0.717, 1.165) is 24.4 Å². The van der Waals surface area contributed by atoms with E-state index in [1.165, 1.54) is 24.7 Å². The van der Waals surface area contributed by atoms with E-state index in [1.54, 1.807) is 7.05 Å². The van der Waals surface area contributed by atoms with E-state index in [4.69, 9.17) is 16.3 Å². The fraction of sp³-hybridized carbons (Fsp3) is 0.280. The third-order valence-electron chi connectivity index (χ3n) is 5.98. The van der Waals surface area contributed by atoms with Crippen molar-refractivity contribution in [3.63, 3.8) is 0 Å². The van der Waals surface area contributed by atoms with Gasteiger partial charge in [0.05, 0.1) is 52.6 Å². The maximum Gasteiger partial charge on any atom is 0.418 e. The molecule has 1 aliphatic heterocycles. The Labute approximate surface area is 230 Å². The number of amides is 2. The second-order valence-electron chi connectivity index (χ2n) is 8.69. The number of carbonyl (C=O) groups is 2. The molecule has 2 aromatic heterocycles. The Kier molecular flexibility index (Phi) is 8.59. The number of halogens is 5. The van der Waals surface area contributed by atoms with Crippen LogP contribution in [0.4, 0.5) is 34.9 Å². The number of benzene rings is 1. The van der Waals surface area contributed by atoms with E-state index in [-0.39, 0.29) is 48.1 Å². The molecule has 3 heterocycles. The smallest absolute Gasteiger partial charge is 0.380 e. The number of hydrogen-bond donors (Lipinski definition) is 3. The maximum atomic E-state index is 14.2. The quantitative estimate of drug-likeness (QED) is 0.264. The van der Waals surface area contributed by atoms with Crippen LogP contribution >= 0.6 is 11.6 Å². The predicted octanol–water partition coefficient (Wildman–Crippen LogP) is 4.40. The summed E-state index contributed by atoms with van der Waals surface area (Å²) >= 11 is 6.25. The molecule has 3 aromatic rings. The molecule has 0 saturated carbocycles. The van der Waals surface area contributed by atoms with E-state index in [0.29, 0.717) is 5.95 Å². The third kappa shape index (κ3) is 6.51. The first kappa shape index (κ1) is 28.8. The van der Waals surface area contributed by atoms with Gasteiger partial charge < -0.3 is 20.7 Å². The van der Waals surface area contributed by atoms with Crippen molar-refractivity contribution in [1.29, 1.82) is 0 Å². The zero-order chi connectivity index (χ0) is 28.9. The lowest BCUT2D eigenvalue weighted by atomic mass is 9.87. The molecule has 2 amide bonds. The van der Waals surface area contributed by atoms with Gasteiger partial charge in [-0.05, 0) is 24.6 Å². The number of aromatic nitrogens is 3. The highest BCUT2D eigenvalue weighted by atomic mass is 35.5. The third-order valence-corrected chi connectivity index (χ3v) is 6.31. The number of nitrogens with zero attached hydrogens (tertiary/aromatic N) is 4. The molecule has 0 aliphatic carbocycles. The van der Waals surface area contributed by atoms with Crippen molar-refractivity contribution in [2.24, 2.45) is 10.4 Å². The van der Waals surface area contributed by atoms with Crippen molar-refractivity contribution in [2.75, 3.05) is 30.9 Å². The highest BCUT2D eigenvalue weighted by Gasteiger charge is 2.41. The highest BCUT2D eigenvalue weighted by Crippen LogP contribution is 2.37. The van der Waals surface area contributed by atoms with Crippen LogP contribution < -0.4 is 16.0 Å². The number of alkyl halides is 3. The van der Waals surface area contributed by atoms with Crippen molar-refractivity contribution in [2.45, 2.75) is 19.1 Å². The number of anilines is 3. The van der Waals surface area contributed by atoms with Gasteiger partial charge in [0, 0.05) is 32.3 Å². The molecular weight excluding hydrogens is 558 g/mol. The Hall–Kier alpha value is -4.17. The van der Waals surface area contributed by atoms with Gasteiger partial charge in [-0.2, -0.15) is 13.2 Å². The van der Waals surface area contributed by atoms with E-state index in [1.807, 2.05) is 0 Å². The molecule has 0 unspecified atom stereocenters. The lowest BCUT2D eigenvalue weighted by molar-refractivity contribution is -0.137. The normalized spacial score (nSPS) is 17.1. The molecule has 1 aromatic carbocycles. The molecule has 4 rings (SSSR count). The fourth-order valence-corrected chi connectivity index (χ4v) is 4.01. The van der Waals surface area contributed by atoms with E-state index in [2.05, 4.69) is 35.9 Å². The minimum Gasteiger partial charge on any atom is -0.380 e. The standard InChI is InChI=1S/C25H22ClF4N7O3/c1-31-23-34-8-14(9-35-23)21(38)36-12-24(5-6-40-13-24)22(39)33-11-19-17(26)7-15(10-32-19)37-20-16(25(28,29)30)3-2-4-18(20)27/h2-4,7-10,12,37H,5-6,11,13H2,1H3,(H,33,39)(H,31,34,35)/t24-/m0/s1. The first-order chi connectivity index (χ1) is 19.0. The van der Waals surface area contributed by atoms with Crippen LogP contribution in [0, 0.1) is 11.2 Å². The second-order valence-corrected chi connectivity index (χ2v) is 9.09. The zero-order valence-electron chi connectivity index (χ0n) is 20.9. The van der Waals surface area contributed by atoms with Gasteiger partial charge in [-0.15, -0.1) is 0 Å². The van der Waals surface area contributed by atoms with Crippen LogP contribution in [-0.4, -0.2) is 53.2 Å². The molecule has 10 nitrogen and oxygen atoms in total. The molecule has 1 fully saturated rings. The van der Waals surface area contributed by atoms with Gasteiger partial charge >= 0.3 is 6.18 Å². The highest BCUT2D eigenvalue weighted by molar-refractivity contribution is 6.31. The molecule has 1 aliphatic rings. The first-order valence-electron chi connectivity index (χ1n) is 11.7. The molecule has 40 heavy (non-hydrogen) atoms. The van der Waals surface area contributed by atoms with E-state index >= 15 is 0 Å². The van der Waals surface area contributed by atoms with Gasteiger partial charge in [-0.3, -0.25) is 14.6 Å². The average Bonchev–Trinajstić information content (AvgIpc) is 3.42. The van der Waals surface area contributed by atoms with Crippen LogP contribution in [0.25, 0.3) is 0 Å². The Bertz CT molecular complexity index is 1430. The fourth-order valence-electron chi connectivity index (χ4n) is 3.78. The van der Waals surface area contributed by atoms with E-state index in [9.17, 15) is 27.2 Å². The average molecular weight is 580 g/mol. The number of nitrogens with one attached hydrogen (secondary N) is 3. The van der Waals surface area contributed by atoms with E-state index < -0.39 is 40.5 Å². The van der Waals surface area contributed by atoms with Crippen molar-refractivity contribution in [3.05, 3.63) is 70.5 Å². The summed E-state index contributed by atoms with van der Waals surface area (Å²) in [6.07, 6.45) is 0.481. The summed E-state index contributed by atoms with van der Waals surface area (Å²) in [5.74, 6) is -1.91. The van der Waals surface area contributed by atoms with Gasteiger partial charge in [0.15, 0.2) is 0 Å². The summed E-state index contributed by atoms with van der Waals surface area (Å²) < 4.78 is 59.4. The molecule has 1 saturated heterocycles. The zero-order valence-corrected chi connectivity index (χ0v) is 21.6. The van der Waals surface area contributed by atoms with Crippen LogP contribution in [-0.2, 0) is 22.3 Å². The van der Waals surface area contributed by atoms with Crippen molar-refractivity contribution < 1.29 is 31.9 Å². The number of rotatable bonds is 8. The van der Waals surface area contributed by atoms with Gasteiger partial charge in [0.25, 0.3) is 5.91 Å². The summed E-state index contributed by atoms with van der Waals surface area (Å²) in [6.45, 7) is 0.107. The summed E-state index contributed by atoms with van der Waals surface area (Å²) in [5, 5.41) is 7.79. The molecule has 0 radical (unpaired) electrons. The van der Waals surface area contributed by atoms with Crippen molar-refractivity contribution in [1.82, 2.24) is 20.3 Å². The second kappa shape index (κ2) is 11.9. The Morgan fingerprint density at radius 1 is 1.20 bits per heavy atom. The van der Waals surface area contributed by atoms with Crippen LogP contribution in [0.1, 0.15) is 28.0 Å². The van der Waals surface area contributed by atoms with Crippen LogP contribution in [0.3, 0.4) is 0 Å². The van der Waals surface area contributed by atoms with Gasteiger partial charge in [0.1, 0.15) is 11.2 Å². The number of pyridine rings is 1.